The van der Waals surface area contributed by atoms with Gasteiger partial charge in [0, 0.05) is 17.3 Å². The Bertz CT molecular complexity index is 1350. The van der Waals surface area contributed by atoms with Gasteiger partial charge in [0.05, 0.1) is 38.9 Å². The number of nitrogens with two attached hydrogens (primary N) is 1. The van der Waals surface area contributed by atoms with Crippen LogP contribution in [0.15, 0.2) is 79.1 Å². The average molecular weight is 498 g/mol. The Morgan fingerprint density at radius 3 is 2.24 bits per heavy atom. The van der Waals surface area contributed by atoms with Crippen LogP contribution in [0.5, 0.6) is 0 Å². The lowest BCUT2D eigenvalue weighted by Gasteiger charge is -2.24. The number of carbonyl (C=O) groups is 2. The van der Waals surface area contributed by atoms with E-state index in [1.54, 1.807) is 42.6 Å². The molecule has 0 atom stereocenters. The Hall–Kier alpha value is -3.45. The number of halogens is 3. The molecule has 0 spiro atoms. The quantitative estimate of drug-likeness (QED) is 0.333. The van der Waals surface area contributed by atoms with E-state index in [0.29, 0.717) is 27.7 Å². The zero-order valence-electron chi connectivity index (χ0n) is 16.9. The second kappa shape index (κ2) is 9.58. The second-order valence-corrected chi connectivity index (χ2v) is 8.12. The monoisotopic (exact) mass is 496 g/mol. The summed E-state index contributed by atoms with van der Waals surface area (Å²) in [6.45, 7) is 0. The predicted octanol–water partition coefficient (Wildman–Crippen LogP) is 6.18. The molecule has 0 unspecified atom stereocenters. The van der Waals surface area contributed by atoms with Gasteiger partial charge in [-0.05, 0) is 60.7 Å². The predicted molar refractivity (Wildman–Crippen MR) is 130 cm³/mol. The first-order valence-electron chi connectivity index (χ1n) is 9.61. The van der Waals surface area contributed by atoms with E-state index in [4.69, 9.17) is 40.5 Å². The number of carbonyl (C=O) groups excluding carboxylic acids is 2. The molecule has 0 radical (unpaired) electrons. The number of pyridine rings is 2. The third-order valence-electron chi connectivity index (χ3n) is 4.80. The summed E-state index contributed by atoms with van der Waals surface area (Å²) in [6.07, 6.45) is 3.14. The van der Waals surface area contributed by atoms with E-state index < -0.39 is 11.8 Å². The minimum atomic E-state index is -0.685. The van der Waals surface area contributed by atoms with E-state index in [2.05, 4.69) is 9.97 Å². The van der Waals surface area contributed by atoms with Crippen LogP contribution in [0.2, 0.25) is 15.2 Å². The van der Waals surface area contributed by atoms with Gasteiger partial charge in [-0.2, -0.15) is 0 Å². The molecule has 9 heteroatoms. The Morgan fingerprint density at radius 1 is 0.818 bits per heavy atom. The first-order valence-corrected chi connectivity index (χ1v) is 10.7. The van der Waals surface area contributed by atoms with Crippen LogP contribution in [-0.2, 0) is 0 Å². The van der Waals surface area contributed by atoms with Crippen molar-refractivity contribution >= 4 is 58.0 Å². The molecular weight excluding hydrogens is 483 g/mol. The number of amides is 2. The van der Waals surface area contributed by atoms with Crippen molar-refractivity contribution in [2.75, 3.05) is 4.90 Å². The van der Waals surface area contributed by atoms with Gasteiger partial charge in [-0.25, -0.2) is 4.98 Å². The van der Waals surface area contributed by atoms with Crippen molar-refractivity contribution < 1.29 is 9.59 Å². The maximum absolute atomic E-state index is 13.6. The molecule has 33 heavy (non-hydrogen) atoms. The van der Waals surface area contributed by atoms with Crippen molar-refractivity contribution in [3.8, 4) is 11.3 Å². The Balaban J connectivity index is 1.85. The van der Waals surface area contributed by atoms with Crippen molar-refractivity contribution in [1.82, 2.24) is 9.97 Å². The van der Waals surface area contributed by atoms with Gasteiger partial charge >= 0.3 is 0 Å². The third kappa shape index (κ3) is 4.83. The van der Waals surface area contributed by atoms with Gasteiger partial charge in [0.1, 0.15) is 5.15 Å². The number of benzene rings is 2. The van der Waals surface area contributed by atoms with Crippen LogP contribution < -0.4 is 10.6 Å². The summed E-state index contributed by atoms with van der Waals surface area (Å²) in [6, 6.07) is 18.2. The van der Waals surface area contributed by atoms with Gasteiger partial charge in [-0.3, -0.25) is 19.5 Å². The molecular formula is C24H15Cl3N4O2. The SMILES string of the molecule is NC(=O)c1ccc(C(=O)N(c2ccc(Cl)nc2)c2ccc(Cl)c(-c3ccccn3)c2)cc1Cl. The lowest BCUT2D eigenvalue weighted by atomic mass is 10.1. The molecule has 164 valence electrons. The summed E-state index contributed by atoms with van der Waals surface area (Å²) in [5.74, 6) is -1.10. The first-order chi connectivity index (χ1) is 15.8. The normalized spacial score (nSPS) is 10.6. The molecule has 0 bridgehead atoms. The van der Waals surface area contributed by atoms with Crippen molar-refractivity contribution in [2.24, 2.45) is 5.73 Å². The topological polar surface area (TPSA) is 89.2 Å². The van der Waals surface area contributed by atoms with Gasteiger partial charge in [0.15, 0.2) is 0 Å². The van der Waals surface area contributed by atoms with Crippen molar-refractivity contribution in [2.45, 2.75) is 0 Å². The second-order valence-electron chi connectivity index (χ2n) is 6.92. The fourth-order valence-electron chi connectivity index (χ4n) is 3.23. The number of primary amides is 1. The molecule has 0 fully saturated rings. The fraction of sp³-hybridized carbons (Fsp3) is 0. The van der Waals surface area contributed by atoms with Crippen LogP contribution in [-0.4, -0.2) is 21.8 Å². The minimum Gasteiger partial charge on any atom is -0.366 e. The molecule has 0 saturated carbocycles. The number of aromatic nitrogens is 2. The molecule has 2 N–H and O–H groups in total. The molecule has 4 aromatic rings. The van der Waals surface area contributed by atoms with Gasteiger partial charge < -0.3 is 5.73 Å². The Labute approximate surface area is 204 Å². The van der Waals surface area contributed by atoms with Crippen molar-refractivity contribution in [3.63, 3.8) is 0 Å². The molecule has 2 heterocycles. The standard InChI is InChI=1S/C24H15Cl3N4O2/c25-19-8-5-15(12-18(19)21-3-1-2-10-29-21)31(16-6-9-22(27)30-13-16)24(33)14-4-7-17(23(28)32)20(26)11-14/h1-13H,(H2,28,32). The maximum atomic E-state index is 13.6. The molecule has 0 saturated heterocycles. The van der Waals surface area contributed by atoms with E-state index in [-0.39, 0.29) is 21.3 Å². The molecule has 6 nitrogen and oxygen atoms in total. The fourth-order valence-corrected chi connectivity index (χ4v) is 3.83. The van der Waals surface area contributed by atoms with Crippen molar-refractivity contribution in [3.05, 3.63) is 105 Å². The lowest BCUT2D eigenvalue weighted by molar-refractivity contribution is 0.0988. The highest BCUT2D eigenvalue weighted by Crippen LogP contribution is 2.35. The molecule has 4 rings (SSSR count). The number of rotatable bonds is 5. The summed E-state index contributed by atoms with van der Waals surface area (Å²) >= 11 is 18.6. The number of anilines is 2. The van der Waals surface area contributed by atoms with Gasteiger partial charge in [0.2, 0.25) is 5.91 Å². The highest BCUT2D eigenvalue weighted by Gasteiger charge is 2.23. The molecule has 2 aromatic heterocycles. The molecule has 0 aliphatic heterocycles. The van der Waals surface area contributed by atoms with Gasteiger partial charge in [-0.1, -0.05) is 40.9 Å². The van der Waals surface area contributed by atoms with Crippen LogP contribution in [0, 0.1) is 0 Å². The maximum Gasteiger partial charge on any atom is 0.262 e. The molecule has 0 aliphatic carbocycles. The van der Waals surface area contributed by atoms with E-state index >= 15 is 0 Å². The first kappa shape index (κ1) is 22.7. The zero-order chi connectivity index (χ0) is 23.5. The summed E-state index contributed by atoms with van der Waals surface area (Å²) in [5, 5.41) is 0.839. The number of hydrogen-bond donors (Lipinski definition) is 1. The van der Waals surface area contributed by atoms with Crippen LogP contribution in [0.25, 0.3) is 11.3 Å². The zero-order valence-corrected chi connectivity index (χ0v) is 19.1. The van der Waals surface area contributed by atoms with E-state index in [1.807, 2.05) is 12.1 Å². The Kier molecular flexibility index (Phi) is 6.60. The largest absolute Gasteiger partial charge is 0.366 e. The van der Waals surface area contributed by atoms with Crippen LogP contribution >= 0.6 is 34.8 Å². The smallest absolute Gasteiger partial charge is 0.262 e. The third-order valence-corrected chi connectivity index (χ3v) is 5.67. The van der Waals surface area contributed by atoms with E-state index in [9.17, 15) is 9.59 Å². The number of hydrogen-bond acceptors (Lipinski definition) is 4. The van der Waals surface area contributed by atoms with E-state index in [0.717, 1.165) is 0 Å². The van der Waals surface area contributed by atoms with Gasteiger partial charge in [-0.15, -0.1) is 0 Å². The minimum absolute atomic E-state index is 0.0767. The van der Waals surface area contributed by atoms with Crippen LogP contribution in [0.4, 0.5) is 11.4 Å². The number of nitrogens with zero attached hydrogens (tertiary/aromatic N) is 3. The molecule has 0 aliphatic rings. The van der Waals surface area contributed by atoms with Crippen molar-refractivity contribution in [1.29, 1.82) is 0 Å². The van der Waals surface area contributed by atoms with E-state index in [1.165, 1.54) is 29.3 Å². The van der Waals surface area contributed by atoms with Crippen LogP contribution in [0.1, 0.15) is 20.7 Å². The molecule has 2 aromatic carbocycles. The molecule has 2 amide bonds. The summed E-state index contributed by atoms with van der Waals surface area (Å²) < 4.78 is 0. The highest BCUT2D eigenvalue weighted by molar-refractivity contribution is 6.34. The highest BCUT2D eigenvalue weighted by atomic mass is 35.5. The summed E-state index contributed by atoms with van der Waals surface area (Å²) in [4.78, 5) is 35.1. The average Bonchev–Trinajstić information content (AvgIpc) is 2.81. The Morgan fingerprint density at radius 2 is 1.61 bits per heavy atom. The van der Waals surface area contributed by atoms with Crippen LogP contribution in [0.3, 0.4) is 0 Å². The van der Waals surface area contributed by atoms with Gasteiger partial charge in [0.25, 0.3) is 5.91 Å². The summed E-state index contributed by atoms with van der Waals surface area (Å²) in [7, 11) is 0. The lowest BCUT2D eigenvalue weighted by Crippen LogP contribution is -2.26. The summed E-state index contributed by atoms with van der Waals surface area (Å²) in [5.41, 5.74) is 7.98.